The SMILES string of the molecule is CC(C)CC(=O)NC(C(=O)N1CCC(N)CC1)C(C)C. The van der Waals surface area contributed by atoms with Crippen molar-refractivity contribution in [1.29, 1.82) is 0 Å². The van der Waals surface area contributed by atoms with Crippen LogP contribution in [-0.2, 0) is 9.59 Å². The molecule has 3 N–H and O–H groups in total. The average molecular weight is 283 g/mol. The summed E-state index contributed by atoms with van der Waals surface area (Å²) in [6.45, 7) is 9.32. The van der Waals surface area contributed by atoms with Crippen LogP contribution < -0.4 is 11.1 Å². The number of nitrogens with one attached hydrogen (secondary N) is 1. The van der Waals surface area contributed by atoms with Gasteiger partial charge in [-0.15, -0.1) is 0 Å². The molecule has 1 atom stereocenters. The molecule has 1 fully saturated rings. The van der Waals surface area contributed by atoms with Crippen LogP contribution in [0.1, 0.15) is 47.0 Å². The maximum atomic E-state index is 12.5. The summed E-state index contributed by atoms with van der Waals surface area (Å²) >= 11 is 0. The highest BCUT2D eigenvalue weighted by molar-refractivity contribution is 5.88. The van der Waals surface area contributed by atoms with Gasteiger partial charge in [0.05, 0.1) is 0 Å². The Morgan fingerprint density at radius 2 is 1.75 bits per heavy atom. The first-order valence-electron chi connectivity index (χ1n) is 7.65. The minimum Gasteiger partial charge on any atom is -0.344 e. The molecule has 2 amide bonds. The fourth-order valence-corrected chi connectivity index (χ4v) is 2.43. The topological polar surface area (TPSA) is 75.4 Å². The summed E-state index contributed by atoms with van der Waals surface area (Å²) in [4.78, 5) is 26.3. The molecular formula is C15H29N3O2. The lowest BCUT2D eigenvalue weighted by atomic mass is 9.99. The number of hydrogen-bond acceptors (Lipinski definition) is 3. The van der Waals surface area contributed by atoms with Gasteiger partial charge in [-0.25, -0.2) is 0 Å². The highest BCUT2D eigenvalue weighted by atomic mass is 16.2. The molecule has 20 heavy (non-hydrogen) atoms. The van der Waals surface area contributed by atoms with E-state index >= 15 is 0 Å². The van der Waals surface area contributed by atoms with Crippen molar-refractivity contribution in [3.63, 3.8) is 0 Å². The minimum atomic E-state index is -0.421. The molecule has 0 aliphatic carbocycles. The second kappa shape index (κ2) is 7.62. The molecule has 0 aromatic heterocycles. The maximum absolute atomic E-state index is 12.5. The minimum absolute atomic E-state index is 0.0315. The standard InChI is InChI=1S/C15H29N3O2/c1-10(2)9-13(19)17-14(11(3)4)15(20)18-7-5-12(16)6-8-18/h10-12,14H,5-9,16H2,1-4H3,(H,17,19). The van der Waals surface area contributed by atoms with Crippen LogP contribution in [0.15, 0.2) is 0 Å². The molecule has 1 saturated heterocycles. The Morgan fingerprint density at radius 1 is 1.20 bits per heavy atom. The molecule has 5 nitrogen and oxygen atoms in total. The Labute approximate surface area is 122 Å². The zero-order valence-corrected chi connectivity index (χ0v) is 13.2. The van der Waals surface area contributed by atoms with Crippen molar-refractivity contribution < 1.29 is 9.59 Å². The third-order valence-electron chi connectivity index (χ3n) is 3.69. The van der Waals surface area contributed by atoms with E-state index in [2.05, 4.69) is 5.32 Å². The smallest absolute Gasteiger partial charge is 0.245 e. The van der Waals surface area contributed by atoms with E-state index in [9.17, 15) is 9.59 Å². The first kappa shape index (κ1) is 17.0. The van der Waals surface area contributed by atoms with Gasteiger partial charge in [0, 0.05) is 25.6 Å². The summed E-state index contributed by atoms with van der Waals surface area (Å²) < 4.78 is 0. The van der Waals surface area contributed by atoms with E-state index in [1.165, 1.54) is 0 Å². The summed E-state index contributed by atoms with van der Waals surface area (Å²) in [5, 5.41) is 2.89. The fourth-order valence-electron chi connectivity index (χ4n) is 2.43. The van der Waals surface area contributed by atoms with Gasteiger partial charge in [0.25, 0.3) is 0 Å². The summed E-state index contributed by atoms with van der Waals surface area (Å²) in [6.07, 6.45) is 2.15. The number of amides is 2. The molecule has 0 spiro atoms. The molecule has 1 heterocycles. The van der Waals surface area contributed by atoms with Gasteiger partial charge in [-0.3, -0.25) is 9.59 Å². The summed E-state index contributed by atoms with van der Waals surface area (Å²) in [5.74, 6) is 0.380. The molecule has 116 valence electrons. The number of likely N-dealkylation sites (tertiary alicyclic amines) is 1. The van der Waals surface area contributed by atoms with Crippen molar-refractivity contribution in [1.82, 2.24) is 10.2 Å². The third kappa shape index (κ3) is 5.12. The lowest BCUT2D eigenvalue weighted by molar-refractivity contribution is -0.138. The Bertz CT molecular complexity index is 334. The van der Waals surface area contributed by atoms with Crippen molar-refractivity contribution >= 4 is 11.8 Å². The largest absolute Gasteiger partial charge is 0.344 e. The maximum Gasteiger partial charge on any atom is 0.245 e. The number of carbonyl (C=O) groups excluding carboxylic acids is 2. The van der Waals surface area contributed by atoms with Crippen LogP contribution in [-0.4, -0.2) is 41.9 Å². The zero-order valence-electron chi connectivity index (χ0n) is 13.2. The molecule has 1 unspecified atom stereocenters. The van der Waals surface area contributed by atoms with Crippen molar-refractivity contribution in [3.05, 3.63) is 0 Å². The number of hydrogen-bond donors (Lipinski definition) is 2. The van der Waals surface area contributed by atoms with E-state index < -0.39 is 6.04 Å². The van der Waals surface area contributed by atoms with Gasteiger partial charge in [0.1, 0.15) is 6.04 Å². The van der Waals surface area contributed by atoms with Crippen LogP contribution >= 0.6 is 0 Å². The number of nitrogens with two attached hydrogens (primary N) is 1. The predicted molar refractivity (Wildman–Crippen MR) is 80.0 cm³/mol. The van der Waals surface area contributed by atoms with Crippen LogP contribution in [0.5, 0.6) is 0 Å². The lowest BCUT2D eigenvalue weighted by Gasteiger charge is -2.34. The first-order valence-corrected chi connectivity index (χ1v) is 7.65. The van der Waals surface area contributed by atoms with Gasteiger partial charge in [-0.1, -0.05) is 27.7 Å². The zero-order chi connectivity index (χ0) is 15.3. The number of rotatable bonds is 5. The van der Waals surface area contributed by atoms with Crippen molar-refractivity contribution in [2.75, 3.05) is 13.1 Å². The molecule has 1 rings (SSSR count). The van der Waals surface area contributed by atoms with Gasteiger partial charge in [-0.2, -0.15) is 0 Å². The van der Waals surface area contributed by atoms with Crippen LogP contribution in [0.4, 0.5) is 0 Å². The number of nitrogens with zero attached hydrogens (tertiary/aromatic N) is 1. The van der Waals surface area contributed by atoms with Gasteiger partial charge >= 0.3 is 0 Å². The Morgan fingerprint density at radius 3 is 2.20 bits per heavy atom. The molecule has 0 radical (unpaired) electrons. The Balaban J connectivity index is 2.61. The summed E-state index contributed by atoms with van der Waals surface area (Å²) in [5.41, 5.74) is 5.86. The third-order valence-corrected chi connectivity index (χ3v) is 3.69. The number of piperidine rings is 1. The molecular weight excluding hydrogens is 254 g/mol. The van der Waals surface area contributed by atoms with Crippen molar-refractivity contribution in [2.45, 2.75) is 59.0 Å². The Kier molecular flexibility index (Phi) is 6.46. The highest BCUT2D eigenvalue weighted by Crippen LogP contribution is 2.13. The monoisotopic (exact) mass is 283 g/mol. The van der Waals surface area contributed by atoms with Crippen molar-refractivity contribution in [2.24, 2.45) is 17.6 Å². The van der Waals surface area contributed by atoms with E-state index in [-0.39, 0.29) is 23.8 Å². The molecule has 1 aliphatic heterocycles. The van der Waals surface area contributed by atoms with E-state index in [4.69, 9.17) is 5.73 Å². The Hall–Kier alpha value is -1.10. The normalized spacial score (nSPS) is 18.4. The lowest BCUT2D eigenvalue weighted by Crippen LogP contribution is -2.54. The number of carbonyl (C=O) groups is 2. The molecule has 0 aromatic rings. The van der Waals surface area contributed by atoms with Crippen LogP contribution in [0.3, 0.4) is 0 Å². The second-order valence-corrected chi connectivity index (χ2v) is 6.55. The van der Waals surface area contributed by atoms with E-state index in [1.807, 2.05) is 32.6 Å². The van der Waals surface area contributed by atoms with Crippen LogP contribution in [0, 0.1) is 11.8 Å². The first-order chi connectivity index (χ1) is 9.31. The highest BCUT2D eigenvalue weighted by Gasteiger charge is 2.30. The second-order valence-electron chi connectivity index (χ2n) is 6.55. The van der Waals surface area contributed by atoms with Crippen LogP contribution in [0.25, 0.3) is 0 Å². The average Bonchev–Trinajstić information content (AvgIpc) is 2.35. The quantitative estimate of drug-likeness (QED) is 0.794. The van der Waals surface area contributed by atoms with E-state index in [0.717, 1.165) is 12.8 Å². The van der Waals surface area contributed by atoms with Gasteiger partial charge in [0.2, 0.25) is 11.8 Å². The van der Waals surface area contributed by atoms with E-state index in [0.29, 0.717) is 25.4 Å². The van der Waals surface area contributed by atoms with Gasteiger partial charge in [0.15, 0.2) is 0 Å². The molecule has 5 heteroatoms. The van der Waals surface area contributed by atoms with E-state index in [1.54, 1.807) is 0 Å². The van der Waals surface area contributed by atoms with Crippen molar-refractivity contribution in [3.8, 4) is 0 Å². The fraction of sp³-hybridized carbons (Fsp3) is 0.867. The molecule has 0 saturated carbocycles. The van der Waals surface area contributed by atoms with Crippen LogP contribution in [0.2, 0.25) is 0 Å². The summed E-state index contributed by atoms with van der Waals surface area (Å²) in [6, 6.07) is -0.220. The van der Waals surface area contributed by atoms with Gasteiger partial charge in [-0.05, 0) is 24.7 Å². The molecule has 1 aliphatic rings. The predicted octanol–water partition coefficient (Wildman–Crippen LogP) is 1.12. The van der Waals surface area contributed by atoms with Gasteiger partial charge < -0.3 is 16.0 Å². The molecule has 0 aromatic carbocycles. The summed E-state index contributed by atoms with van der Waals surface area (Å²) in [7, 11) is 0. The molecule has 0 bridgehead atoms.